The molecule has 2 aromatic heterocycles. The maximum absolute atomic E-state index is 13.3. The van der Waals surface area contributed by atoms with Gasteiger partial charge in [-0.1, -0.05) is 72.8 Å². The minimum Gasteiger partial charge on any atom is -0.455 e. The zero-order valence-corrected chi connectivity index (χ0v) is 24.8. The molecule has 0 unspecified atom stereocenters. The summed E-state index contributed by atoms with van der Waals surface area (Å²) in [6.45, 7) is 0. The van der Waals surface area contributed by atoms with Crippen molar-refractivity contribution in [3.63, 3.8) is 0 Å². The first-order valence-corrected chi connectivity index (χ1v) is 16.6. The van der Waals surface area contributed by atoms with Crippen molar-refractivity contribution in [2.24, 2.45) is 0 Å². The van der Waals surface area contributed by atoms with Crippen molar-refractivity contribution in [3.05, 3.63) is 138 Å². The lowest BCUT2D eigenvalue weighted by Crippen LogP contribution is -2.05. The van der Waals surface area contributed by atoms with E-state index in [1.165, 1.54) is 0 Å². The number of para-hydroxylation sites is 3. The van der Waals surface area contributed by atoms with Crippen molar-refractivity contribution < 1.29 is 12.8 Å². The molecule has 0 aliphatic carbocycles. The number of rotatable bonds is 2. The monoisotopic (exact) mass is 600 g/mol. The first-order valence-electron chi connectivity index (χ1n) is 14.8. The first-order chi connectivity index (χ1) is 22.0. The molecule has 45 heavy (non-hydrogen) atoms. The molecule has 1 aliphatic heterocycles. The molecule has 1 aliphatic rings. The Kier molecular flexibility index (Phi) is 5.41. The molecule has 214 valence electrons. The molecule has 8 aromatic rings. The second kappa shape index (κ2) is 9.43. The third kappa shape index (κ3) is 3.95. The molecule has 6 aromatic carbocycles. The van der Waals surface area contributed by atoms with Crippen molar-refractivity contribution in [2.45, 2.75) is 11.5 Å². The largest absolute Gasteiger partial charge is 0.455 e. The number of sulfone groups is 1. The second-order valence-corrected chi connectivity index (χ2v) is 13.8. The van der Waals surface area contributed by atoms with Crippen molar-refractivity contribution in [2.75, 3.05) is 0 Å². The van der Waals surface area contributed by atoms with Gasteiger partial charge in [0, 0.05) is 32.8 Å². The normalized spacial score (nSPS) is 13.9. The van der Waals surface area contributed by atoms with Crippen LogP contribution in [0.2, 0.25) is 0 Å². The molecule has 0 bridgehead atoms. The number of furan rings is 1. The Hall–Kier alpha value is -5.64. The van der Waals surface area contributed by atoms with E-state index in [1.807, 2.05) is 78.9 Å². The molecule has 6 heteroatoms. The summed E-state index contributed by atoms with van der Waals surface area (Å²) in [7, 11) is -3.38. The van der Waals surface area contributed by atoms with E-state index in [2.05, 4.69) is 53.1 Å². The highest BCUT2D eigenvalue weighted by Crippen LogP contribution is 2.42. The van der Waals surface area contributed by atoms with Gasteiger partial charge in [0.05, 0.1) is 34.2 Å². The quantitative estimate of drug-likeness (QED) is 0.198. The van der Waals surface area contributed by atoms with Gasteiger partial charge in [-0.25, -0.2) is 8.42 Å². The average molecular weight is 601 g/mol. The fourth-order valence-corrected chi connectivity index (χ4v) is 8.57. The Labute approximate surface area is 259 Å². The molecular formula is C39H24N2O3S. The third-order valence-corrected chi connectivity index (χ3v) is 10.5. The summed E-state index contributed by atoms with van der Waals surface area (Å²) in [5.74, 6) is -0.0434. The molecule has 5 nitrogen and oxygen atoms in total. The number of hydrogen-bond acceptors (Lipinski definition) is 4. The summed E-state index contributed by atoms with van der Waals surface area (Å²) in [5, 5.41) is 13.8. The van der Waals surface area contributed by atoms with Crippen LogP contribution in [-0.2, 0) is 21.3 Å². The Bertz CT molecular complexity index is 2690. The van der Waals surface area contributed by atoms with Crippen LogP contribution in [0.4, 0.5) is 0 Å². The van der Waals surface area contributed by atoms with E-state index < -0.39 is 9.84 Å². The molecule has 0 radical (unpaired) electrons. The van der Waals surface area contributed by atoms with Gasteiger partial charge in [-0.2, -0.15) is 5.26 Å². The van der Waals surface area contributed by atoms with E-state index in [0.29, 0.717) is 5.56 Å². The highest BCUT2D eigenvalue weighted by molar-refractivity contribution is 7.89. The van der Waals surface area contributed by atoms with Gasteiger partial charge in [0.1, 0.15) is 11.2 Å². The molecular weight excluding hydrogens is 577 g/mol. The minimum atomic E-state index is -3.38. The van der Waals surface area contributed by atoms with Gasteiger partial charge in [-0.05, 0) is 76.3 Å². The van der Waals surface area contributed by atoms with Gasteiger partial charge < -0.3 is 8.98 Å². The number of aromatic nitrogens is 1. The predicted octanol–water partition coefficient (Wildman–Crippen LogP) is 9.32. The SMILES string of the molecule is N#Cc1ccc2c(c1)c1ccccc1n2-c1ccc2c(c1)-c1cc(-c3cccc4c3oc3ccccc34)ccc1CS(=O)(=O)C2. The first kappa shape index (κ1) is 25.8. The molecule has 0 spiro atoms. The number of nitrogens with zero attached hydrogens (tertiary/aromatic N) is 2. The highest BCUT2D eigenvalue weighted by Gasteiger charge is 2.26. The second-order valence-electron chi connectivity index (χ2n) is 11.7. The summed E-state index contributed by atoms with van der Waals surface area (Å²) >= 11 is 0. The van der Waals surface area contributed by atoms with Gasteiger partial charge in [-0.3, -0.25) is 0 Å². The maximum Gasteiger partial charge on any atom is 0.158 e. The van der Waals surface area contributed by atoms with Crippen LogP contribution >= 0.6 is 0 Å². The van der Waals surface area contributed by atoms with Crippen LogP contribution in [0.5, 0.6) is 0 Å². The lowest BCUT2D eigenvalue weighted by Gasteiger charge is -2.15. The molecule has 0 amide bonds. The van der Waals surface area contributed by atoms with Gasteiger partial charge in [-0.15, -0.1) is 0 Å². The zero-order valence-electron chi connectivity index (χ0n) is 24.0. The Morgan fingerprint density at radius 2 is 1.33 bits per heavy atom. The van der Waals surface area contributed by atoms with Crippen LogP contribution in [0.25, 0.3) is 71.7 Å². The minimum absolute atomic E-state index is 0.0201. The van der Waals surface area contributed by atoms with Gasteiger partial charge in [0.15, 0.2) is 9.84 Å². The summed E-state index contributed by atoms with van der Waals surface area (Å²) in [5.41, 5.74) is 10.5. The van der Waals surface area contributed by atoms with E-state index >= 15 is 0 Å². The Morgan fingerprint density at radius 1 is 0.622 bits per heavy atom. The summed E-state index contributed by atoms with van der Waals surface area (Å²) in [4.78, 5) is 0. The van der Waals surface area contributed by atoms with E-state index in [1.54, 1.807) is 0 Å². The van der Waals surface area contributed by atoms with E-state index in [9.17, 15) is 13.7 Å². The van der Waals surface area contributed by atoms with Gasteiger partial charge >= 0.3 is 0 Å². The van der Waals surface area contributed by atoms with Crippen LogP contribution < -0.4 is 0 Å². The standard InChI is InChI=1S/C39H24N2O3S/c40-21-24-12-17-37-35(18-24)30-6-1-3-10-36(30)41(37)28-16-15-27-23-45(42,43)22-26-14-13-25(19-33(26)34(27)20-28)29-8-5-9-32-31-7-2-4-11-38(31)44-39(29)32/h1-20H,22-23H2. The van der Waals surface area contributed by atoms with Crippen molar-refractivity contribution in [1.82, 2.24) is 4.57 Å². The van der Waals surface area contributed by atoms with E-state index in [0.717, 1.165) is 82.8 Å². The predicted molar refractivity (Wildman–Crippen MR) is 180 cm³/mol. The van der Waals surface area contributed by atoms with Crippen LogP contribution in [0, 0.1) is 11.3 Å². The van der Waals surface area contributed by atoms with Crippen LogP contribution in [0.1, 0.15) is 16.7 Å². The topological polar surface area (TPSA) is 76.0 Å². The third-order valence-electron chi connectivity index (χ3n) is 9.02. The van der Waals surface area contributed by atoms with Gasteiger partial charge in [0.2, 0.25) is 0 Å². The van der Waals surface area contributed by atoms with Crippen LogP contribution in [-0.4, -0.2) is 13.0 Å². The molecule has 3 heterocycles. The van der Waals surface area contributed by atoms with Crippen molar-refractivity contribution in [1.29, 1.82) is 5.26 Å². The molecule has 0 atom stereocenters. The van der Waals surface area contributed by atoms with Crippen molar-refractivity contribution in [3.8, 4) is 34.0 Å². The van der Waals surface area contributed by atoms with E-state index in [4.69, 9.17) is 4.42 Å². The summed E-state index contributed by atoms with van der Waals surface area (Å²) in [6, 6.07) is 42.6. The lowest BCUT2D eigenvalue weighted by molar-refractivity contribution is 0.595. The van der Waals surface area contributed by atoms with E-state index in [-0.39, 0.29) is 11.5 Å². The maximum atomic E-state index is 13.3. The zero-order chi connectivity index (χ0) is 30.3. The Balaban J connectivity index is 1.29. The molecule has 9 rings (SSSR count). The lowest BCUT2D eigenvalue weighted by atomic mass is 9.92. The number of nitriles is 1. The van der Waals surface area contributed by atoms with Crippen LogP contribution in [0.15, 0.2) is 126 Å². The van der Waals surface area contributed by atoms with Crippen LogP contribution in [0.3, 0.4) is 0 Å². The molecule has 0 saturated carbocycles. The Morgan fingerprint density at radius 3 is 2.18 bits per heavy atom. The molecule has 0 saturated heterocycles. The van der Waals surface area contributed by atoms with Gasteiger partial charge in [0.25, 0.3) is 0 Å². The number of benzene rings is 6. The smallest absolute Gasteiger partial charge is 0.158 e. The molecule has 0 N–H and O–H groups in total. The number of hydrogen-bond donors (Lipinski definition) is 0. The average Bonchev–Trinajstić information content (AvgIpc) is 3.57. The molecule has 0 fully saturated rings. The van der Waals surface area contributed by atoms with Crippen molar-refractivity contribution >= 4 is 53.6 Å². The number of fused-ring (bicyclic) bond motifs is 9. The fourth-order valence-electron chi connectivity index (χ4n) is 7.02. The highest BCUT2D eigenvalue weighted by atomic mass is 32.2. The fraction of sp³-hybridized carbons (Fsp3) is 0.0513. The summed E-state index contributed by atoms with van der Waals surface area (Å²) < 4.78 is 35.2. The summed E-state index contributed by atoms with van der Waals surface area (Å²) in [6.07, 6.45) is 0.